The first-order valence-electron chi connectivity index (χ1n) is 8.22. The number of hydrogen-bond donors (Lipinski definition) is 1. The van der Waals surface area contributed by atoms with E-state index in [-0.39, 0.29) is 30.3 Å². The third-order valence-corrected chi connectivity index (χ3v) is 4.54. The van der Waals surface area contributed by atoms with Crippen LogP contribution in [-0.2, 0) is 20.7 Å². The van der Waals surface area contributed by atoms with E-state index in [0.717, 1.165) is 30.6 Å². The maximum absolute atomic E-state index is 12.5. The van der Waals surface area contributed by atoms with E-state index in [1.54, 1.807) is 6.20 Å². The van der Waals surface area contributed by atoms with Crippen molar-refractivity contribution in [1.29, 1.82) is 0 Å². The van der Waals surface area contributed by atoms with Gasteiger partial charge in [-0.2, -0.15) is 0 Å². The maximum Gasteiger partial charge on any atom is 0.245 e. The number of nitrogens with one attached hydrogen (secondary N) is 1. The molecule has 0 bridgehead atoms. The highest BCUT2D eigenvalue weighted by atomic mass is 16.5. The Labute approximate surface area is 136 Å². The Kier molecular flexibility index (Phi) is 4.91. The van der Waals surface area contributed by atoms with Gasteiger partial charge >= 0.3 is 0 Å². The standard InChI is InChI=1S/C17H23N3O3/c1-12-2-3-13(11-18-12)10-16(21)19-15-4-7-20(17(15)22)14-5-8-23-9-6-14/h2-3,11,14-15H,4-10H2,1H3,(H,19,21). The zero-order valence-electron chi connectivity index (χ0n) is 13.5. The number of carbonyl (C=O) groups excluding carboxylic acids is 2. The summed E-state index contributed by atoms with van der Waals surface area (Å²) in [5.41, 5.74) is 1.78. The van der Waals surface area contributed by atoms with Crippen LogP contribution in [0.2, 0.25) is 0 Å². The first-order chi connectivity index (χ1) is 11.1. The van der Waals surface area contributed by atoms with Crippen LogP contribution in [0.4, 0.5) is 0 Å². The molecular formula is C17H23N3O3. The first kappa shape index (κ1) is 15.9. The highest BCUT2D eigenvalue weighted by Gasteiger charge is 2.37. The van der Waals surface area contributed by atoms with Crippen molar-refractivity contribution in [3.8, 4) is 0 Å². The minimum absolute atomic E-state index is 0.0484. The van der Waals surface area contributed by atoms with Crippen LogP contribution in [0.25, 0.3) is 0 Å². The number of ether oxygens (including phenoxy) is 1. The van der Waals surface area contributed by atoms with Crippen molar-refractivity contribution in [3.05, 3.63) is 29.6 Å². The van der Waals surface area contributed by atoms with Crippen molar-refractivity contribution in [3.63, 3.8) is 0 Å². The largest absolute Gasteiger partial charge is 0.381 e. The highest BCUT2D eigenvalue weighted by Crippen LogP contribution is 2.21. The summed E-state index contributed by atoms with van der Waals surface area (Å²) >= 11 is 0. The Bertz CT molecular complexity index is 567. The molecule has 0 spiro atoms. The summed E-state index contributed by atoms with van der Waals surface area (Å²) in [7, 11) is 0. The Morgan fingerprint density at radius 3 is 2.83 bits per heavy atom. The quantitative estimate of drug-likeness (QED) is 0.893. The Balaban J connectivity index is 1.52. The van der Waals surface area contributed by atoms with E-state index < -0.39 is 0 Å². The number of pyridine rings is 1. The van der Waals surface area contributed by atoms with Gasteiger partial charge in [-0.25, -0.2) is 0 Å². The van der Waals surface area contributed by atoms with Gasteiger partial charge in [-0.05, 0) is 37.8 Å². The van der Waals surface area contributed by atoms with Crippen molar-refractivity contribution in [2.45, 2.75) is 44.7 Å². The van der Waals surface area contributed by atoms with Gasteiger partial charge in [-0.3, -0.25) is 14.6 Å². The van der Waals surface area contributed by atoms with E-state index in [1.165, 1.54) is 0 Å². The minimum atomic E-state index is -0.385. The van der Waals surface area contributed by atoms with Crippen LogP contribution >= 0.6 is 0 Å². The number of amides is 2. The molecule has 3 rings (SSSR count). The maximum atomic E-state index is 12.5. The number of hydrogen-bond acceptors (Lipinski definition) is 4. The number of aromatic nitrogens is 1. The van der Waals surface area contributed by atoms with E-state index in [1.807, 2.05) is 24.0 Å². The third-order valence-electron chi connectivity index (χ3n) is 4.54. The summed E-state index contributed by atoms with van der Waals surface area (Å²) in [6.45, 7) is 4.06. The van der Waals surface area contributed by atoms with Crippen LogP contribution in [0, 0.1) is 6.92 Å². The Morgan fingerprint density at radius 1 is 1.35 bits per heavy atom. The van der Waals surface area contributed by atoms with Crippen LogP contribution in [-0.4, -0.2) is 53.5 Å². The molecule has 6 heteroatoms. The number of likely N-dealkylation sites (tertiary alicyclic amines) is 1. The predicted molar refractivity (Wildman–Crippen MR) is 84.8 cm³/mol. The van der Waals surface area contributed by atoms with Crippen molar-refractivity contribution >= 4 is 11.8 Å². The molecule has 2 aliphatic rings. The predicted octanol–water partition coefficient (Wildman–Crippen LogP) is 0.829. The lowest BCUT2D eigenvalue weighted by molar-refractivity contribution is -0.135. The number of nitrogens with zero attached hydrogens (tertiary/aromatic N) is 2. The summed E-state index contributed by atoms with van der Waals surface area (Å²) in [6, 6.07) is 3.66. The molecule has 1 aromatic rings. The normalized spacial score (nSPS) is 22.4. The molecule has 23 heavy (non-hydrogen) atoms. The molecule has 0 saturated carbocycles. The lowest BCUT2D eigenvalue weighted by Gasteiger charge is -2.31. The molecule has 2 saturated heterocycles. The Morgan fingerprint density at radius 2 is 2.13 bits per heavy atom. The second-order valence-electron chi connectivity index (χ2n) is 6.27. The van der Waals surface area contributed by atoms with E-state index in [0.29, 0.717) is 19.6 Å². The van der Waals surface area contributed by atoms with E-state index in [4.69, 9.17) is 4.74 Å². The molecule has 3 heterocycles. The van der Waals surface area contributed by atoms with Crippen LogP contribution in [0.3, 0.4) is 0 Å². The van der Waals surface area contributed by atoms with Gasteiger partial charge in [-0.1, -0.05) is 6.07 Å². The van der Waals surface area contributed by atoms with E-state index in [2.05, 4.69) is 10.3 Å². The minimum Gasteiger partial charge on any atom is -0.381 e. The van der Waals surface area contributed by atoms with Crippen LogP contribution in [0.15, 0.2) is 18.3 Å². The van der Waals surface area contributed by atoms with Crippen LogP contribution in [0.5, 0.6) is 0 Å². The number of carbonyl (C=O) groups is 2. The zero-order chi connectivity index (χ0) is 16.2. The number of aryl methyl sites for hydroxylation is 1. The first-order valence-corrected chi connectivity index (χ1v) is 8.22. The monoisotopic (exact) mass is 317 g/mol. The average molecular weight is 317 g/mol. The molecule has 124 valence electrons. The van der Waals surface area contributed by atoms with Gasteiger partial charge in [0.15, 0.2) is 0 Å². The molecular weight excluding hydrogens is 294 g/mol. The lowest BCUT2D eigenvalue weighted by Crippen LogP contribution is -2.46. The second kappa shape index (κ2) is 7.08. The van der Waals surface area contributed by atoms with Crippen LogP contribution < -0.4 is 5.32 Å². The summed E-state index contributed by atoms with van der Waals surface area (Å²) in [5, 5.41) is 2.87. The van der Waals surface area contributed by atoms with Crippen molar-refractivity contribution in [2.24, 2.45) is 0 Å². The summed E-state index contributed by atoms with van der Waals surface area (Å²) in [5.74, 6) is -0.0740. The molecule has 1 aromatic heterocycles. The number of rotatable bonds is 4. The second-order valence-corrected chi connectivity index (χ2v) is 6.27. The molecule has 2 fully saturated rings. The average Bonchev–Trinajstić information content (AvgIpc) is 2.91. The van der Waals surface area contributed by atoms with Gasteiger partial charge in [0.05, 0.1) is 6.42 Å². The molecule has 1 atom stereocenters. The molecule has 0 radical (unpaired) electrons. The van der Waals surface area contributed by atoms with E-state index >= 15 is 0 Å². The lowest BCUT2D eigenvalue weighted by atomic mass is 10.1. The summed E-state index contributed by atoms with van der Waals surface area (Å²) in [4.78, 5) is 30.8. The van der Waals surface area contributed by atoms with Crippen molar-refractivity contribution < 1.29 is 14.3 Å². The molecule has 2 amide bonds. The fourth-order valence-corrected chi connectivity index (χ4v) is 3.23. The fraction of sp³-hybridized carbons (Fsp3) is 0.588. The molecule has 0 aliphatic carbocycles. The summed E-state index contributed by atoms with van der Waals surface area (Å²) < 4.78 is 5.35. The molecule has 1 N–H and O–H groups in total. The van der Waals surface area contributed by atoms with E-state index in [9.17, 15) is 9.59 Å². The van der Waals surface area contributed by atoms with Crippen LogP contribution in [0.1, 0.15) is 30.5 Å². The SMILES string of the molecule is Cc1ccc(CC(=O)NC2CCN(C3CCOCC3)C2=O)cn1. The zero-order valence-corrected chi connectivity index (χ0v) is 13.5. The topological polar surface area (TPSA) is 71.5 Å². The van der Waals surface area contributed by atoms with Gasteiger partial charge in [0.25, 0.3) is 0 Å². The van der Waals surface area contributed by atoms with Crippen molar-refractivity contribution in [1.82, 2.24) is 15.2 Å². The molecule has 1 unspecified atom stereocenters. The molecule has 2 aliphatic heterocycles. The highest BCUT2D eigenvalue weighted by molar-refractivity contribution is 5.90. The summed E-state index contributed by atoms with van der Waals surface area (Å²) in [6.07, 6.45) is 4.44. The van der Waals surface area contributed by atoms with Gasteiger partial charge in [-0.15, -0.1) is 0 Å². The third kappa shape index (κ3) is 3.88. The molecule has 6 nitrogen and oxygen atoms in total. The van der Waals surface area contributed by atoms with Gasteiger partial charge < -0.3 is 15.0 Å². The van der Waals surface area contributed by atoms with Gasteiger partial charge in [0.2, 0.25) is 11.8 Å². The van der Waals surface area contributed by atoms with Crippen molar-refractivity contribution in [2.75, 3.05) is 19.8 Å². The Hall–Kier alpha value is -1.95. The fourth-order valence-electron chi connectivity index (χ4n) is 3.23. The molecule has 0 aromatic carbocycles. The smallest absolute Gasteiger partial charge is 0.245 e. The van der Waals surface area contributed by atoms with Gasteiger partial charge in [0.1, 0.15) is 6.04 Å². The van der Waals surface area contributed by atoms with Gasteiger partial charge in [0, 0.05) is 37.7 Å².